The second-order valence-electron chi connectivity index (χ2n) is 7.16. The molecule has 4 aromatic rings. The summed E-state index contributed by atoms with van der Waals surface area (Å²) < 4.78 is 5.86. The van der Waals surface area contributed by atoms with Crippen molar-refractivity contribution in [3.63, 3.8) is 0 Å². The summed E-state index contributed by atoms with van der Waals surface area (Å²) in [5.74, 6) is 1.57. The SMILES string of the molecule is CCc1ccc(Cc2cnc(NC(=O)CCc3ccc(-c4ccccc4)o3)s2)cc1. The highest BCUT2D eigenvalue weighted by atomic mass is 32.1. The van der Waals surface area contributed by atoms with Gasteiger partial charge in [-0.3, -0.25) is 4.79 Å². The predicted octanol–water partition coefficient (Wildman–Crippen LogP) is 6.13. The van der Waals surface area contributed by atoms with Crippen molar-refractivity contribution in [2.24, 2.45) is 0 Å². The molecule has 0 radical (unpaired) electrons. The van der Waals surface area contributed by atoms with E-state index in [1.807, 2.05) is 48.7 Å². The number of hydrogen-bond acceptors (Lipinski definition) is 4. The third kappa shape index (κ3) is 5.24. The lowest BCUT2D eigenvalue weighted by Gasteiger charge is -2.01. The number of nitrogens with one attached hydrogen (secondary N) is 1. The van der Waals surface area contributed by atoms with Crippen LogP contribution in [0.2, 0.25) is 0 Å². The minimum atomic E-state index is -0.0548. The molecule has 0 aliphatic rings. The number of anilines is 1. The Morgan fingerprint density at radius 1 is 1.00 bits per heavy atom. The number of carbonyl (C=O) groups excluding carboxylic acids is 1. The number of aromatic nitrogens is 1. The summed E-state index contributed by atoms with van der Waals surface area (Å²) in [6.07, 6.45) is 4.62. The number of aryl methyl sites for hydroxylation is 2. The average molecular weight is 417 g/mol. The van der Waals surface area contributed by atoms with Gasteiger partial charge in [0, 0.05) is 35.9 Å². The Kier molecular flexibility index (Phi) is 6.40. The van der Waals surface area contributed by atoms with Crippen LogP contribution < -0.4 is 5.32 Å². The highest BCUT2D eigenvalue weighted by molar-refractivity contribution is 7.15. The van der Waals surface area contributed by atoms with E-state index in [2.05, 4.69) is 41.5 Å². The van der Waals surface area contributed by atoms with Crippen molar-refractivity contribution < 1.29 is 9.21 Å². The number of carbonyl (C=O) groups is 1. The van der Waals surface area contributed by atoms with Crippen LogP contribution in [-0.4, -0.2) is 10.9 Å². The van der Waals surface area contributed by atoms with Crippen LogP contribution in [0, 0.1) is 0 Å². The summed E-state index contributed by atoms with van der Waals surface area (Å²) in [5.41, 5.74) is 3.62. The molecular weight excluding hydrogens is 392 g/mol. The minimum Gasteiger partial charge on any atom is -0.461 e. The van der Waals surface area contributed by atoms with Gasteiger partial charge in [0.25, 0.3) is 0 Å². The molecule has 4 nitrogen and oxygen atoms in total. The lowest BCUT2D eigenvalue weighted by atomic mass is 10.1. The predicted molar refractivity (Wildman–Crippen MR) is 122 cm³/mol. The fourth-order valence-electron chi connectivity index (χ4n) is 3.23. The number of thiazole rings is 1. The Hall–Kier alpha value is -3.18. The van der Waals surface area contributed by atoms with E-state index < -0.39 is 0 Å². The topological polar surface area (TPSA) is 55.1 Å². The molecule has 2 heterocycles. The highest BCUT2D eigenvalue weighted by Gasteiger charge is 2.10. The van der Waals surface area contributed by atoms with E-state index in [1.54, 1.807) is 0 Å². The van der Waals surface area contributed by atoms with Crippen LogP contribution in [0.3, 0.4) is 0 Å². The van der Waals surface area contributed by atoms with E-state index in [1.165, 1.54) is 22.5 Å². The quantitative estimate of drug-likeness (QED) is 0.376. The van der Waals surface area contributed by atoms with E-state index >= 15 is 0 Å². The number of furan rings is 1. The molecule has 0 unspecified atom stereocenters. The monoisotopic (exact) mass is 416 g/mol. The van der Waals surface area contributed by atoms with Gasteiger partial charge in [0.1, 0.15) is 11.5 Å². The lowest BCUT2D eigenvalue weighted by molar-refractivity contribution is -0.116. The Labute approximate surface area is 180 Å². The molecule has 30 heavy (non-hydrogen) atoms. The van der Waals surface area contributed by atoms with Crippen LogP contribution in [0.5, 0.6) is 0 Å². The molecule has 152 valence electrons. The molecule has 0 atom stereocenters. The van der Waals surface area contributed by atoms with Gasteiger partial charge in [0.15, 0.2) is 5.13 Å². The zero-order valence-electron chi connectivity index (χ0n) is 16.9. The number of rotatable bonds is 8. The summed E-state index contributed by atoms with van der Waals surface area (Å²) in [6, 6.07) is 22.5. The molecule has 5 heteroatoms. The van der Waals surface area contributed by atoms with Gasteiger partial charge >= 0.3 is 0 Å². The van der Waals surface area contributed by atoms with Crippen LogP contribution in [0.4, 0.5) is 5.13 Å². The first-order valence-corrected chi connectivity index (χ1v) is 11.0. The van der Waals surface area contributed by atoms with E-state index in [4.69, 9.17) is 4.42 Å². The van der Waals surface area contributed by atoms with E-state index in [-0.39, 0.29) is 5.91 Å². The molecule has 0 aliphatic heterocycles. The van der Waals surface area contributed by atoms with Gasteiger partial charge in [-0.25, -0.2) is 4.98 Å². The largest absolute Gasteiger partial charge is 0.461 e. The maximum atomic E-state index is 12.3. The lowest BCUT2D eigenvalue weighted by Crippen LogP contribution is -2.11. The third-order valence-electron chi connectivity index (χ3n) is 4.93. The molecule has 2 aromatic carbocycles. The van der Waals surface area contributed by atoms with Crippen molar-refractivity contribution in [1.29, 1.82) is 0 Å². The Bertz CT molecular complexity index is 1100. The number of amides is 1. The minimum absolute atomic E-state index is 0.0548. The molecule has 0 saturated carbocycles. The number of benzene rings is 2. The fourth-order valence-corrected chi connectivity index (χ4v) is 4.09. The maximum absolute atomic E-state index is 12.3. The molecular formula is C25H24N2O2S. The third-order valence-corrected chi connectivity index (χ3v) is 5.84. The van der Waals surface area contributed by atoms with Crippen molar-refractivity contribution in [2.45, 2.75) is 32.6 Å². The van der Waals surface area contributed by atoms with Gasteiger partial charge in [-0.1, -0.05) is 61.5 Å². The van der Waals surface area contributed by atoms with Crippen LogP contribution >= 0.6 is 11.3 Å². The van der Waals surface area contributed by atoms with Crippen molar-refractivity contribution >= 4 is 22.4 Å². The van der Waals surface area contributed by atoms with Crippen LogP contribution in [0.1, 0.15) is 35.1 Å². The van der Waals surface area contributed by atoms with E-state index in [0.29, 0.717) is 18.0 Å². The molecule has 0 saturated heterocycles. The summed E-state index contributed by atoms with van der Waals surface area (Å²) >= 11 is 1.52. The van der Waals surface area contributed by atoms with Crippen LogP contribution in [0.25, 0.3) is 11.3 Å². The van der Waals surface area contributed by atoms with Gasteiger partial charge in [-0.2, -0.15) is 0 Å². The first kappa shape index (κ1) is 20.1. The van der Waals surface area contributed by atoms with Crippen molar-refractivity contribution in [3.8, 4) is 11.3 Å². The average Bonchev–Trinajstić information content (AvgIpc) is 3.43. The molecule has 1 amide bonds. The summed E-state index contributed by atoms with van der Waals surface area (Å²) in [4.78, 5) is 17.8. The van der Waals surface area contributed by atoms with Crippen molar-refractivity contribution in [3.05, 3.63) is 94.7 Å². The molecule has 4 rings (SSSR count). The van der Waals surface area contributed by atoms with E-state index in [0.717, 1.165) is 34.8 Å². The van der Waals surface area contributed by atoms with Crippen LogP contribution in [0.15, 0.2) is 77.3 Å². The summed E-state index contributed by atoms with van der Waals surface area (Å²) in [7, 11) is 0. The van der Waals surface area contributed by atoms with Crippen LogP contribution in [-0.2, 0) is 24.1 Å². The first-order valence-electron chi connectivity index (χ1n) is 10.2. The van der Waals surface area contributed by atoms with Crippen molar-refractivity contribution in [1.82, 2.24) is 4.98 Å². The normalized spacial score (nSPS) is 10.8. The summed E-state index contributed by atoms with van der Waals surface area (Å²) in [6.45, 7) is 2.15. The molecule has 0 aliphatic carbocycles. The smallest absolute Gasteiger partial charge is 0.226 e. The van der Waals surface area contributed by atoms with Crippen molar-refractivity contribution in [2.75, 3.05) is 5.32 Å². The fraction of sp³-hybridized carbons (Fsp3) is 0.200. The van der Waals surface area contributed by atoms with Gasteiger partial charge in [-0.15, -0.1) is 11.3 Å². The number of nitrogens with zero attached hydrogens (tertiary/aromatic N) is 1. The molecule has 1 N–H and O–H groups in total. The summed E-state index contributed by atoms with van der Waals surface area (Å²) in [5, 5.41) is 3.55. The zero-order chi connectivity index (χ0) is 20.8. The van der Waals surface area contributed by atoms with Gasteiger partial charge in [0.05, 0.1) is 0 Å². The van der Waals surface area contributed by atoms with Gasteiger partial charge < -0.3 is 9.73 Å². The molecule has 0 fully saturated rings. The molecule has 0 spiro atoms. The Morgan fingerprint density at radius 2 is 1.77 bits per heavy atom. The Morgan fingerprint density at radius 3 is 2.53 bits per heavy atom. The number of hydrogen-bond donors (Lipinski definition) is 1. The second-order valence-corrected chi connectivity index (χ2v) is 8.27. The highest BCUT2D eigenvalue weighted by Crippen LogP contribution is 2.24. The maximum Gasteiger partial charge on any atom is 0.226 e. The van der Waals surface area contributed by atoms with E-state index in [9.17, 15) is 4.79 Å². The standard InChI is InChI=1S/C25H24N2O2S/c1-2-18-8-10-19(11-9-18)16-22-17-26-25(30-22)27-24(28)15-13-21-12-14-23(29-21)20-6-4-3-5-7-20/h3-12,14,17H,2,13,15-16H2,1H3,(H,26,27,28). The second kappa shape index (κ2) is 9.55. The first-order chi connectivity index (χ1) is 14.7. The Balaban J connectivity index is 1.28. The van der Waals surface area contributed by atoms with Gasteiger partial charge in [-0.05, 0) is 29.7 Å². The molecule has 2 aromatic heterocycles. The molecule has 0 bridgehead atoms. The van der Waals surface area contributed by atoms with Gasteiger partial charge in [0.2, 0.25) is 5.91 Å². The zero-order valence-corrected chi connectivity index (χ0v) is 17.7.